The quantitative estimate of drug-likeness (QED) is 0.633. The fraction of sp³-hybridized carbons (Fsp3) is 0.440. The molecule has 0 bridgehead atoms. The minimum Gasteiger partial charge on any atom is -0.484 e. The lowest BCUT2D eigenvalue weighted by Crippen LogP contribution is -2.51. The van der Waals surface area contributed by atoms with Crippen molar-refractivity contribution in [3.05, 3.63) is 64.7 Å². The number of nitrogens with one attached hydrogen (secondary N) is 1. The van der Waals surface area contributed by atoms with Crippen molar-refractivity contribution in [2.24, 2.45) is 0 Å². The van der Waals surface area contributed by atoms with Gasteiger partial charge in [0.05, 0.1) is 0 Å². The minimum absolute atomic E-state index is 0.112. The number of carbonyl (C=O) groups excluding carboxylic acids is 2. The Kier molecular flexibility index (Phi) is 8.35. The zero-order valence-corrected chi connectivity index (χ0v) is 19.0. The molecule has 1 aliphatic carbocycles. The van der Waals surface area contributed by atoms with E-state index < -0.39 is 6.04 Å². The molecule has 0 aliphatic heterocycles. The number of halogens is 1. The van der Waals surface area contributed by atoms with Gasteiger partial charge in [0.25, 0.3) is 5.91 Å². The molecule has 1 atom stereocenters. The standard InChI is InChI=1S/C25H31ClN2O3/c1-18-8-10-20(11-9-18)16-28(19(2)25(30)27-22-6-4-3-5-7-22)24(29)17-31-23-14-12-21(26)13-15-23/h8-15,19,22H,3-7,16-17H2,1-2H3,(H,27,30). The lowest BCUT2D eigenvalue weighted by Gasteiger charge is -2.31. The highest BCUT2D eigenvalue weighted by Gasteiger charge is 2.28. The van der Waals surface area contributed by atoms with Crippen LogP contribution in [0.3, 0.4) is 0 Å². The van der Waals surface area contributed by atoms with Gasteiger partial charge in [-0.05, 0) is 56.5 Å². The van der Waals surface area contributed by atoms with Crippen LogP contribution in [0.25, 0.3) is 0 Å². The molecule has 6 heteroatoms. The maximum atomic E-state index is 13.1. The van der Waals surface area contributed by atoms with E-state index in [9.17, 15) is 9.59 Å². The van der Waals surface area contributed by atoms with Crippen molar-refractivity contribution in [3.8, 4) is 5.75 Å². The summed E-state index contributed by atoms with van der Waals surface area (Å²) >= 11 is 5.91. The largest absolute Gasteiger partial charge is 0.484 e. The molecule has 1 unspecified atom stereocenters. The molecule has 2 amide bonds. The summed E-state index contributed by atoms with van der Waals surface area (Å²) < 4.78 is 5.66. The van der Waals surface area contributed by atoms with E-state index in [1.165, 1.54) is 6.42 Å². The molecule has 2 aromatic rings. The van der Waals surface area contributed by atoms with Crippen LogP contribution in [-0.2, 0) is 16.1 Å². The monoisotopic (exact) mass is 442 g/mol. The fourth-order valence-electron chi connectivity index (χ4n) is 3.80. The molecule has 1 saturated carbocycles. The van der Waals surface area contributed by atoms with E-state index in [0.29, 0.717) is 17.3 Å². The molecule has 166 valence electrons. The first-order chi connectivity index (χ1) is 14.9. The molecule has 0 radical (unpaired) electrons. The van der Waals surface area contributed by atoms with Gasteiger partial charge in [-0.1, -0.05) is 60.7 Å². The van der Waals surface area contributed by atoms with Gasteiger partial charge in [0.15, 0.2) is 6.61 Å². The SMILES string of the molecule is Cc1ccc(CN(C(=O)COc2ccc(Cl)cc2)C(C)C(=O)NC2CCCCC2)cc1. The number of carbonyl (C=O) groups is 2. The summed E-state index contributed by atoms with van der Waals surface area (Å²) in [6.45, 7) is 4.01. The number of hydrogen-bond acceptors (Lipinski definition) is 3. The van der Waals surface area contributed by atoms with Crippen molar-refractivity contribution in [1.29, 1.82) is 0 Å². The molecule has 2 aromatic carbocycles. The Morgan fingerprint density at radius 3 is 2.35 bits per heavy atom. The van der Waals surface area contributed by atoms with Crippen LogP contribution >= 0.6 is 11.6 Å². The second-order valence-corrected chi connectivity index (χ2v) is 8.71. The summed E-state index contributed by atoms with van der Waals surface area (Å²) in [5, 5.41) is 3.74. The molecule has 0 aromatic heterocycles. The maximum Gasteiger partial charge on any atom is 0.261 e. The van der Waals surface area contributed by atoms with Crippen molar-refractivity contribution in [1.82, 2.24) is 10.2 Å². The Balaban J connectivity index is 1.69. The van der Waals surface area contributed by atoms with Gasteiger partial charge in [0.2, 0.25) is 5.91 Å². The summed E-state index contributed by atoms with van der Waals surface area (Å²) in [7, 11) is 0. The van der Waals surface area contributed by atoms with E-state index in [1.54, 1.807) is 36.1 Å². The van der Waals surface area contributed by atoms with Crippen molar-refractivity contribution in [2.45, 2.75) is 64.6 Å². The number of hydrogen-bond donors (Lipinski definition) is 1. The molecular weight excluding hydrogens is 412 g/mol. The van der Waals surface area contributed by atoms with Crippen molar-refractivity contribution in [2.75, 3.05) is 6.61 Å². The van der Waals surface area contributed by atoms with Crippen LogP contribution in [0.1, 0.15) is 50.2 Å². The lowest BCUT2D eigenvalue weighted by molar-refractivity contribution is -0.142. The van der Waals surface area contributed by atoms with Crippen LogP contribution in [0.2, 0.25) is 5.02 Å². The average molecular weight is 443 g/mol. The predicted molar refractivity (Wildman–Crippen MR) is 123 cm³/mol. The van der Waals surface area contributed by atoms with Crippen LogP contribution in [-0.4, -0.2) is 35.4 Å². The number of ether oxygens (including phenoxy) is 1. The Labute approximate surface area is 189 Å². The predicted octanol–water partition coefficient (Wildman–Crippen LogP) is 4.89. The van der Waals surface area contributed by atoms with Crippen LogP contribution < -0.4 is 10.1 Å². The molecule has 1 N–H and O–H groups in total. The van der Waals surface area contributed by atoms with E-state index in [0.717, 1.165) is 36.8 Å². The summed E-state index contributed by atoms with van der Waals surface area (Å²) in [5.41, 5.74) is 2.12. The first-order valence-corrected chi connectivity index (χ1v) is 11.3. The normalized spacial score (nSPS) is 15.2. The van der Waals surface area contributed by atoms with Crippen molar-refractivity contribution < 1.29 is 14.3 Å². The Bertz CT molecular complexity index is 861. The molecule has 1 aliphatic rings. The second kappa shape index (κ2) is 11.2. The molecule has 0 heterocycles. The highest BCUT2D eigenvalue weighted by atomic mass is 35.5. The van der Waals surface area contributed by atoms with Crippen molar-refractivity contribution >= 4 is 23.4 Å². The third-order valence-electron chi connectivity index (χ3n) is 5.77. The number of nitrogens with zero attached hydrogens (tertiary/aromatic N) is 1. The van der Waals surface area contributed by atoms with Gasteiger partial charge in [-0.25, -0.2) is 0 Å². The van der Waals surface area contributed by atoms with Crippen LogP contribution in [0.15, 0.2) is 48.5 Å². The highest BCUT2D eigenvalue weighted by Crippen LogP contribution is 2.19. The Morgan fingerprint density at radius 2 is 1.71 bits per heavy atom. The zero-order valence-electron chi connectivity index (χ0n) is 18.3. The van der Waals surface area contributed by atoms with E-state index in [2.05, 4.69) is 5.32 Å². The minimum atomic E-state index is -0.593. The Hall–Kier alpha value is -2.53. The molecule has 0 saturated heterocycles. The average Bonchev–Trinajstić information content (AvgIpc) is 2.78. The number of rotatable bonds is 8. The molecular formula is C25H31ClN2O3. The van der Waals surface area contributed by atoms with Gasteiger partial charge >= 0.3 is 0 Å². The molecule has 3 rings (SSSR count). The van der Waals surface area contributed by atoms with Gasteiger partial charge < -0.3 is 15.0 Å². The molecule has 5 nitrogen and oxygen atoms in total. The fourth-order valence-corrected chi connectivity index (χ4v) is 3.93. The van der Waals surface area contributed by atoms with Gasteiger partial charge in [-0.15, -0.1) is 0 Å². The second-order valence-electron chi connectivity index (χ2n) is 8.27. The zero-order chi connectivity index (χ0) is 22.2. The van der Waals surface area contributed by atoms with Gasteiger partial charge in [-0.2, -0.15) is 0 Å². The van der Waals surface area contributed by atoms with E-state index in [-0.39, 0.29) is 24.5 Å². The maximum absolute atomic E-state index is 13.1. The van der Waals surface area contributed by atoms with E-state index in [1.807, 2.05) is 31.2 Å². The number of benzene rings is 2. The summed E-state index contributed by atoms with van der Waals surface area (Å²) in [5.74, 6) is 0.216. The topological polar surface area (TPSA) is 58.6 Å². The number of aryl methyl sites for hydroxylation is 1. The third-order valence-corrected chi connectivity index (χ3v) is 6.02. The first kappa shape index (κ1) is 23.1. The van der Waals surface area contributed by atoms with Gasteiger partial charge in [0, 0.05) is 17.6 Å². The van der Waals surface area contributed by atoms with Gasteiger partial charge in [-0.3, -0.25) is 9.59 Å². The number of amides is 2. The van der Waals surface area contributed by atoms with Crippen LogP contribution in [0.5, 0.6) is 5.75 Å². The lowest BCUT2D eigenvalue weighted by atomic mass is 9.95. The summed E-state index contributed by atoms with van der Waals surface area (Å²) in [6, 6.07) is 14.5. The van der Waals surface area contributed by atoms with Crippen LogP contribution in [0.4, 0.5) is 0 Å². The highest BCUT2D eigenvalue weighted by molar-refractivity contribution is 6.30. The smallest absolute Gasteiger partial charge is 0.261 e. The Morgan fingerprint density at radius 1 is 1.06 bits per heavy atom. The molecule has 31 heavy (non-hydrogen) atoms. The summed E-state index contributed by atoms with van der Waals surface area (Å²) in [4.78, 5) is 27.6. The van der Waals surface area contributed by atoms with E-state index >= 15 is 0 Å². The van der Waals surface area contributed by atoms with Gasteiger partial charge in [0.1, 0.15) is 11.8 Å². The van der Waals surface area contributed by atoms with E-state index in [4.69, 9.17) is 16.3 Å². The molecule has 1 fully saturated rings. The van der Waals surface area contributed by atoms with Crippen molar-refractivity contribution in [3.63, 3.8) is 0 Å². The van der Waals surface area contributed by atoms with Crippen LogP contribution in [0, 0.1) is 6.92 Å². The third kappa shape index (κ3) is 7.00. The first-order valence-electron chi connectivity index (χ1n) is 11.0. The summed E-state index contributed by atoms with van der Waals surface area (Å²) in [6.07, 6.45) is 5.51. The molecule has 0 spiro atoms.